The topological polar surface area (TPSA) is 50.3 Å². The van der Waals surface area contributed by atoms with Gasteiger partial charge in [0, 0.05) is 33.4 Å². The van der Waals surface area contributed by atoms with Crippen molar-refractivity contribution in [3.8, 4) is 0 Å². The van der Waals surface area contributed by atoms with Gasteiger partial charge in [0.15, 0.2) is 0 Å². The summed E-state index contributed by atoms with van der Waals surface area (Å²) in [7, 11) is 2.09. The Kier molecular flexibility index (Phi) is 5.54. The maximum Gasteiger partial charge on any atom is 0.146 e. The summed E-state index contributed by atoms with van der Waals surface area (Å²) >= 11 is 0. The Morgan fingerprint density at radius 2 is 2.11 bits per heavy atom. The van der Waals surface area contributed by atoms with Gasteiger partial charge in [-0.25, -0.2) is 4.98 Å². The highest BCUT2D eigenvalue weighted by Gasteiger charge is 2.16. The summed E-state index contributed by atoms with van der Waals surface area (Å²) in [4.78, 5) is 11.1. The average molecular weight is 264 g/mol. The number of aromatic nitrogens is 2. The maximum absolute atomic E-state index is 5.39. The van der Waals surface area contributed by atoms with Gasteiger partial charge >= 0.3 is 0 Å². The molecule has 106 valence electrons. The number of hydrogen-bond acceptors (Lipinski definition) is 5. The summed E-state index contributed by atoms with van der Waals surface area (Å²) in [5, 5.41) is 3.25. The van der Waals surface area contributed by atoms with E-state index in [2.05, 4.69) is 34.2 Å². The Balaban J connectivity index is 1.85. The number of anilines is 1. The number of rotatable bonds is 6. The molecule has 0 saturated carbocycles. The van der Waals surface area contributed by atoms with Crippen molar-refractivity contribution in [2.45, 2.75) is 26.3 Å². The third kappa shape index (κ3) is 4.44. The summed E-state index contributed by atoms with van der Waals surface area (Å²) in [6, 6.07) is 0. The Hall–Kier alpha value is -1.20. The van der Waals surface area contributed by atoms with Crippen LogP contribution in [0.5, 0.6) is 0 Å². The van der Waals surface area contributed by atoms with Gasteiger partial charge in [0.25, 0.3) is 0 Å². The average Bonchev–Trinajstić information content (AvgIpc) is 2.46. The highest BCUT2D eigenvalue weighted by molar-refractivity contribution is 5.34. The van der Waals surface area contributed by atoms with Crippen molar-refractivity contribution in [3.63, 3.8) is 0 Å². The van der Waals surface area contributed by atoms with Gasteiger partial charge in [-0.1, -0.05) is 6.92 Å². The molecule has 1 aliphatic heterocycles. The molecule has 0 bridgehead atoms. The Morgan fingerprint density at radius 1 is 1.32 bits per heavy atom. The summed E-state index contributed by atoms with van der Waals surface area (Å²) < 4.78 is 5.39. The van der Waals surface area contributed by atoms with Crippen LogP contribution in [-0.2, 0) is 11.3 Å². The van der Waals surface area contributed by atoms with Crippen molar-refractivity contribution in [2.75, 3.05) is 38.3 Å². The lowest BCUT2D eigenvalue weighted by atomic mass is 10.00. The van der Waals surface area contributed by atoms with E-state index in [1.807, 2.05) is 12.4 Å². The lowest BCUT2D eigenvalue weighted by Gasteiger charge is -2.27. The minimum absolute atomic E-state index is 0.710. The van der Waals surface area contributed by atoms with Crippen LogP contribution in [0.4, 0.5) is 5.82 Å². The van der Waals surface area contributed by atoms with E-state index >= 15 is 0 Å². The molecule has 2 rings (SSSR count). The quantitative estimate of drug-likeness (QED) is 0.843. The molecule has 1 aliphatic rings. The molecule has 2 heterocycles. The summed E-state index contributed by atoms with van der Waals surface area (Å²) in [6.45, 7) is 6.65. The molecule has 0 aromatic carbocycles. The molecule has 5 heteroatoms. The smallest absolute Gasteiger partial charge is 0.146 e. The van der Waals surface area contributed by atoms with Gasteiger partial charge in [-0.15, -0.1) is 0 Å². The van der Waals surface area contributed by atoms with Gasteiger partial charge in [0.1, 0.15) is 5.82 Å². The van der Waals surface area contributed by atoms with E-state index in [0.717, 1.165) is 57.2 Å². The van der Waals surface area contributed by atoms with E-state index in [1.54, 1.807) is 0 Å². The van der Waals surface area contributed by atoms with Crippen molar-refractivity contribution >= 4 is 5.82 Å². The third-order valence-electron chi connectivity index (χ3n) is 3.51. The standard InChI is InChI=1S/C14H24N4O/c1-3-15-8-13-9-17-14(10-16-13)18(2)11-12-4-6-19-7-5-12/h9-10,12,15H,3-8,11H2,1-2H3. The van der Waals surface area contributed by atoms with Crippen LogP contribution in [0.3, 0.4) is 0 Å². The highest BCUT2D eigenvalue weighted by Crippen LogP contribution is 2.18. The molecule has 1 fully saturated rings. The second-order valence-corrected chi connectivity index (χ2v) is 5.08. The first kappa shape index (κ1) is 14.2. The summed E-state index contributed by atoms with van der Waals surface area (Å²) in [5.41, 5.74) is 0.991. The molecule has 0 atom stereocenters. The van der Waals surface area contributed by atoms with Crippen LogP contribution in [0.25, 0.3) is 0 Å². The number of nitrogens with one attached hydrogen (secondary N) is 1. The fraction of sp³-hybridized carbons (Fsp3) is 0.714. The highest BCUT2D eigenvalue weighted by atomic mass is 16.5. The Morgan fingerprint density at radius 3 is 2.74 bits per heavy atom. The summed E-state index contributed by atoms with van der Waals surface area (Å²) in [6.07, 6.45) is 6.02. The van der Waals surface area contributed by atoms with Crippen LogP contribution in [0.1, 0.15) is 25.5 Å². The molecule has 1 N–H and O–H groups in total. The molecule has 1 aromatic heterocycles. The fourth-order valence-corrected chi connectivity index (χ4v) is 2.30. The predicted octanol–water partition coefficient (Wildman–Crippen LogP) is 1.45. The van der Waals surface area contributed by atoms with E-state index in [1.165, 1.54) is 0 Å². The van der Waals surface area contributed by atoms with Gasteiger partial charge in [0.05, 0.1) is 18.1 Å². The minimum atomic E-state index is 0.710. The van der Waals surface area contributed by atoms with Crippen LogP contribution in [0, 0.1) is 5.92 Å². The lowest BCUT2D eigenvalue weighted by molar-refractivity contribution is 0.0685. The van der Waals surface area contributed by atoms with Gasteiger partial charge in [-0.05, 0) is 25.3 Å². The Bertz CT molecular complexity index is 362. The van der Waals surface area contributed by atoms with Crippen molar-refractivity contribution in [1.29, 1.82) is 0 Å². The zero-order valence-corrected chi connectivity index (χ0v) is 11.9. The molecular formula is C14H24N4O. The third-order valence-corrected chi connectivity index (χ3v) is 3.51. The molecule has 1 aromatic rings. The van der Waals surface area contributed by atoms with Gasteiger partial charge in [0.2, 0.25) is 0 Å². The van der Waals surface area contributed by atoms with Crippen LogP contribution >= 0.6 is 0 Å². The second-order valence-electron chi connectivity index (χ2n) is 5.08. The van der Waals surface area contributed by atoms with Crippen LogP contribution in [0.15, 0.2) is 12.4 Å². The largest absolute Gasteiger partial charge is 0.381 e. The normalized spacial score (nSPS) is 16.5. The van der Waals surface area contributed by atoms with E-state index in [0.29, 0.717) is 5.92 Å². The van der Waals surface area contributed by atoms with Crippen LogP contribution in [0.2, 0.25) is 0 Å². The molecule has 0 amide bonds. The summed E-state index contributed by atoms with van der Waals surface area (Å²) in [5.74, 6) is 1.66. The first-order valence-corrected chi connectivity index (χ1v) is 7.10. The first-order valence-electron chi connectivity index (χ1n) is 7.10. The number of nitrogens with zero attached hydrogens (tertiary/aromatic N) is 3. The molecular weight excluding hydrogens is 240 g/mol. The Labute approximate surface area is 115 Å². The first-order chi connectivity index (χ1) is 9.29. The van der Waals surface area contributed by atoms with Crippen molar-refractivity contribution in [3.05, 3.63) is 18.1 Å². The zero-order valence-electron chi connectivity index (χ0n) is 11.9. The molecule has 19 heavy (non-hydrogen) atoms. The SMILES string of the molecule is CCNCc1cnc(N(C)CC2CCOCC2)cn1. The van der Waals surface area contributed by atoms with Crippen molar-refractivity contribution in [2.24, 2.45) is 5.92 Å². The number of ether oxygens (including phenoxy) is 1. The lowest BCUT2D eigenvalue weighted by Crippen LogP contribution is -2.30. The van der Waals surface area contributed by atoms with Crippen molar-refractivity contribution in [1.82, 2.24) is 15.3 Å². The molecule has 0 aliphatic carbocycles. The molecule has 1 saturated heterocycles. The van der Waals surface area contributed by atoms with Gasteiger partial charge in [-0.3, -0.25) is 4.98 Å². The number of hydrogen-bond donors (Lipinski definition) is 1. The molecule has 0 radical (unpaired) electrons. The molecule has 5 nitrogen and oxygen atoms in total. The van der Waals surface area contributed by atoms with Gasteiger partial charge in [-0.2, -0.15) is 0 Å². The monoisotopic (exact) mass is 264 g/mol. The minimum Gasteiger partial charge on any atom is -0.381 e. The van der Waals surface area contributed by atoms with E-state index < -0.39 is 0 Å². The predicted molar refractivity (Wildman–Crippen MR) is 76.2 cm³/mol. The fourth-order valence-electron chi connectivity index (χ4n) is 2.30. The van der Waals surface area contributed by atoms with Crippen LogP contribution < -0.4 is 10.2 Å². The van der Waals surface area contributed by atoms with Crippen molar-refractivity contribution < 1.29 is 4.74 Å². The second kappa shape index (κ2) is 7.40. The molecule has 0 spiro atoms. The maximum atomic E-state index is 5.39. The molecule has 0 unspecified atom stereocenters. The zero-order chi connectivity index (χ0) is 13.5. The van der Waals surface area contributed by atoms with E-state index in [-0.39, 0.29) is 0 Å². The van der Waals surface area contributed by atoms with Crippen LogP contribution in [-0.4, -0.2) is 43.3 Å². The van der Waals surface area contributed by atoms with E-state index in [9.17, 15) is 0 Å². The van der Waals surface area contributed by atoms with E-state index in [4.69, 9.17) is 4.74 Å². The van der Waals surface area contributed by atoms with Gasteiger partial charge < -0.3 is 15.0 Å².